The molecule has 9 rings (SSSR count). The molecule has 1 saturated carbocycles. The van der Waals surface area contributed by atoms with Crippen molar-refractivity contribution in [3.05, 3.63) is 163 Å². The van der Waals surface area contributed by atoms with Crippen molar-refractivity contribution < 1.29 is 20.1 Å². The molecule has 8 aromatic rings. The van der Waals surface area contributed by atoms with Crippen LogP contribution >= 0.6 is 11.3 Å². The van der Waals surface area contributed by atoms with Crippen LogP contribution < -0.4 is 5.19 Å². The van der Waals surface area contributed by atoms with Gasteiger partial charge in [0.2, 0.25) is 0 Å². The Bertz CT molecular complexity index is 2540. The number of hydrogen-bond donors (Lipinski definition) is 0. The Hall–Kier alpha value is -4.51. The Balaban J connectivity index is 0.000000178. The normalized spacial score (nSPS) is 13.2. The summed E-state index contributed by atoms with van der Waals surface area (Å²) in [6.07, 6.45) is 12.4. The Labute approximate surface area is 351 Å². The SMILES string of the molecule is C[Si](C)(C)c1cnc(-c2[c-]cccc2)cc1CC1CCCCC1.Cc1cc(-c2[c-]cc3c(c2)sc2ccc(-c4ccccc4)cc23)ncc1-c1ccccc1.[Ir]. The maximum Gasteiger partial charge on any atom is 0.0798 e. The van der Waals surface area contributed by atoms with Crippen LogP contribution in [0.4, 0.5) is 0 Å². The molecule has 1 fully saturated rings. The second-order valence-electron chi connectivity index (χ2n) is 16.0. The van der Waals surface area contributed by atoms with Gasteiger partial charge in [0.25, 0.3) is 0 Å². The minimum atomic E-state index is -1.36. The number of rotatable bonds is 7. The molecule has 1 radical (unpaired) electrons. The monoisotopic (exact) mass is 941 g/mol. The topological polar surface area (TPSA) is 25.8 Å². The predicted octanol–water partition coefficient (Wildman–Crippen LogP) is 13.8. The van der Waals surface area contributed by atoms with Crippen molar-refractivity contribution in [2.45, 2.75) is 65.1 Å². The summed E-state index contributed by atoms with van der Waals surface area (Å²) in [6, 6.07) is 51.6. The molecule has 5 heteroatoms. The summed E-state index contributed by atoms with van der Waals surface area (Å²) in [5.74, 6) is 0.869. The quantitative estimate of drug-likeness (QED) is 0.118. The van der Waals surface area contributed by atoms with E-state index in [1.165, 1.54) is 86.5 Å². The zero-order valence-corrected chi connectivity index (χ0v) is 36.9. The first-order valence-corrected chi connectivity index (χ1v) is 24.0. The third-order valence-corrected chi connectivity index (χ3v) is 14.2. The fraction of sp³-hybridized carbons (Fsp3) is 0.216. The van der Waals surface area contributed by atoms with E-state index < -0.39 is 8.07 Å². The van der Waals surface area contributed by atoms with Crippen LogP contribution in [-0.2, 0) is 26.5 Å². The van der Waals surface area contributed by atoms with Gasteiger partial charge in [0.1, 0.15) is 0 Å². The predicted molar refractivity (Wildman–Crippen MR) is 239 cm³/mol. The van der Waals surface area contributed by atoms with Gasteiger partial charge in [-0.2, -0.15) is 11.3 Å². The molecule has 0 unspecified atom stereocenters. The van der Waals surface area contributed by atoms with Gasteiger partial charge < -0.3 is 9.97 Å². The van der Waals surface area contributed by atoms with E-state index in [-0.39, 0.29) is 20.1 Å². The largest absolute Gasteiger partial charge is 0.305 e. The van der Waals surface area contributed by atoms with Crippen LogP contribution in [0.15, 0.2) is 140 Å². The molecule has 283 valence electrons. The summed E-state index contributed by atoms with van der Waals surface area (Å²) in [6.45, 7) is 9.45. The Kier molecular flexibility index (Phi) is 12.6. The van der Waals surface area contributed by atoms with Crippen LogP contribution in [0.3, 0.4) is 0 Å². The van der Waals surface area contributed by atoms with Gasteiger partial charge in [0.15, 0.2) is 0 Å². The van der Waals surface area contributed by atoms with Gasteiger partial charge in [-0.05, 0) is 74.2 Å². The van der Waals surface area contributed by atoms with Gasteiger partial charge in [-0.3, -0.25) is 0 Å². The van der Waals surface area contributed by atoms with Crippen LogP contribution in [-0.4, -0.2) is 18.0 Å². The maximum absolute atomic E-state index is 4.77. The Morgan fingerprint density at radius 3 is 2.04 bits per heavy atom. The summed E-state index contributed by atoms with van der Waals surface area (Å²) in [5, 5.41) is 4.09. The van der Waals surface area contributed by atoms with E-state index in [9.17, 15) is 0 Å². The number of thiophene rings is 1. The average Bonchev–Trinajstić information content (AvgIpc) is 3.59. The molecule has 3 aromatic heterocycles. The molecule has 0 atom stereocenters. The zero-order chi connectivity index (χ0) is 37.8. The maximum atomic E-state index is 4.77. The summed E-state index contributed by atoms with van der Waals surface area (Å²) in [7, 11) is -1.36. The smallest absolute Gasteiger partial charge is 0.0798 e. The first kappa shape index (κ1) is 39.7. The Morgan fingerprint density at radius 1 is 0.643 bits per heavy atom. The molecular weight excluding hydrogens is 893 g/mol. The van der Waals surface area contributed by atoms with Crippen molar-refractivity contribution in [3.8, 4) is 44.8 Å². The van der Waals surface area contributed by atoms with Gasteiger partial charge in [0, 0.05) is 42.8 Å². The van der Waals surface area contributed by atoms with E-state index in [0.29, 0.717) is 0 Å². The van der Waals surface area contributed by atoms with Gasteiger partial charge in [-0.25, -0.2) is 0 Å². The molecule has 0 bridgehead atoms. The average molecular weight is 941 g/mol. The molecule has 0 spiro atoms. The minimum absolute atomic E-state index is 0. The summed E-state index contributed by atoms with van der Waals surface area (Å²) < 4.78 is 2.57. The van der Waals surface area contributed by atoms with Gasteiger partial charge >= 0.3 is 0 Å². The van der Waals surface area contributed by atoms with E-state index in [2.05, 4.69) is 154 Å². The molecule has 5 aromatic carbocycles. The van der Waals surface area contributed by atoms with Crippen LogP contribution in [0.1, 0.15) is 43.2 Å². The number of nitrogens with zero attached hydrogens (tertiary/aromatic N) is 2. The zero-order valence-electron chi connectivity index (χ0n) is 32.7. The molecule has 1 aliphatic carbocycles. The minimum Gasteiger partial charge on any atom is -0.305 e. The fourth-order valence-electron chi connectivity index (χ4n) is 8.04. The van der Waals surface area contributed by atoms with Crippen LogP contribution in [0.5, 0.6) is 0 Å². The third-order valence-electron chi connectivity index (χ3n) is 11.0. The van der Waals surface area contributed by atoms with Gasteiger partial charge in [0.05, 0.1) is 8.07 Å². The van der Waals surface area contributed by atoms with Crippen molar-refractivity contribution >= 4 is 44.8 Å². The van der Waals surface area contributed by atoms with Crippen molar-refractivity contribution in [1.29, 1.82) is 0 Å². The molecular formula is C51H48IrN2SSi-2. The second-order valence-corrected chi connectivity index (χ2v) is 22.1. The van der Waals surface area contributed by atoms with Crippen molar-refractivity contribution in [1.82, 2.24) is 9.97 Å². The number of aromatic nitrogens is 2. The standard InChI is InChI=1S/C30H20NS.C21H28NSi.Ir/c1-20-16-28(31-19-27(20)22-10-6-3-7-11-22)24-12-14-25-26-17-23(21-8-4-2-5-9-21)13-15-29(26)32-30(25)18-24;1-23(2,3)21-16-22-20(18-12-8-5-9-13-18)15-19(21)14-17-10-6-4-7-11-17;/h2-11,13-19H,1H3;5,8-9,12,15-17H,4,6-7,10-11,14H2,1-3H3;/q2*-1;. The fourth-order valence-corrected chi connectivity index (χ4v) is 10.7. The molecule has 0 saturated heterocycles. The molecule has 0 aliphatic heterocycles. The van der Waals surface area contributed by atoms with Crippen LogP contribution in [0.25, 0.3) is 64.9 Å². The molecule has 2 nitrogen and oxygen atoms in total. The van der Waals surface area contributed by atoms with E-state index in [1.807, 2.05) is 35.7 Å². The van der Waals surface area contributed by atoms with E-state index >= 15 is 0 Å². The number of fused-ring (bicyclic) bond motifs is 3. The number of pyridine rings is 2. The van der Waals surface area contributed by atoms with Crippen LogP contribution in [0, 0.1) is 25.0 Å². The Morgan fingerprint density at radius 2 is 1.34 bits per heavy atom. The number of benzene rings is 5. The van der Waals surface area contributed by atoms with E-state index in [1.54, 1.807) is 10.8 Å². The molecule has 1 aliphatic rings. The molecule has 0 N–H and O–H groups in total. The molecule has 0 amide bonds. The van der Waals surface area contributed by atoms with Crippen molar-refractivity contribution in [2.75, 3.05) is 0 Å². The number of hydrogen-bond acceptors (Lipinski definition) is 3. The van der Waals surface area contributed by atoms with E-state index in [4.69, 9.17) is 9.97 Å². The second kappa shape index (κ2) is 17.7. The van der Waals surface area contributed by atoms with Gasteiger partial charge in [-0.1, -0.05) is 148 Å². The summed E-state index contributed by atoms with van der Waals surface area (Å²) >= 11 is 1.83. The molecule has 3 heterocycles. The van der Waals surface area contributed by atoms with Crippen molar-refractivity contribution in [3.63, 3.8) is 0 Å². The first-order valence-electron chi connectivity index (χ1n) is 19.7. The first-order chi connectivity index (χ1) is 26.8. The third kappa shape index (κ3) is 9.03. The van der Waals surface area contributed by atoms with Gasteiger partial charge in [-0.15, -0.1) is 59.7 Å². The number of aryl methyl sites for hydroxylation is 1. The van der Waals surface area contributed by atoms with Crippen LogP contribution in [0.2, 0.25) is 19.6 Å². The summed E-state index contributed by atoms with van der Waals surface area (Å²) in [4.78, 5) is 9.55. The van der Waals surface area contributed by atoms with E-state index in [0.717, 1.165) is 28.4 Å². The van der Waals surface area contributed by atoms with Crippen molar-refractivity contribution in [2.24, 2.45) is 5.92 Å². The summed E-state index contributed by atoms with van der Waals surface area (Å²) in [5.41, 5.74) is 11.8. The molecule has 56 heavy (non-hydrogen) atoms.